The monoisotopic (exact) mass is 363 g/mol. The maximum Gasteiger partial charge on any atom is 0.0578 e. The maximum atomic E-state index is 3.66. The zero-order valence-electron chi connectivity index (χ0n) is 13.4. The summed E-state index contributed by atoms with van der Waals surface area (Å²) in [4.78, 5) is 0. The van der Waals surface area contributed by atoms with Crippen molar-refractivity contribution in [3.05, 3.63) is 69.3 Å². The fraction of sp³-hybridized carbons (Fsp3) is 0.238. The van der Waals surface area contributed by atoms with Crippen LogP contribution in [-0.4, -0.2) is 4.57 Å². The minimum atomic E-state index is 0.0132. The maximum absolute atomic E-state index is 3.66. The van der Waals surface area contributed by atoms with Gasteiger partial charge in [-0.05, 0) is 42.2 Å². The van der Waals surface area contributed by atoms with E-state index in [0.717, 1.165) is 17.3 Å². The van der Waals surface area contributed by atoms with Crippen molar-refractivity contribution in [3.8, 4) is 5.69 Å². The van der Waals surface area contributed by atoms with Crippen molar-refractivity contribution in [1.82, 2.24) is 4.57 Å². The molecule has 1 nitrogen and oxygen atoms in total. The highest BCUT2D eigenvalue weighted by atomic mass is 79.9. The Morgan fingerprint density at radius 1 is 1.09 bits per heavy atom. The molecule has 0 unspecified atom stereocenters. The minimum Gasteiger partial charge on any atom is -0.312 e. The van der Waals surface area contributed by atoms with Crippen molar-refractivity contribution in [3.63, 3.8) is 0 Å². The van der Waals surface area contributed by atoms with E-state index < -0.39 is 0 Å². The van der Waals surface area contributed by atoms with Crippen LogP contribution in [0.4, 0.5) is 0 Å². The topological polar surface area (TPSA) is 4.93 Å². The molecule has 0 amide bonds. The number of fused-ring (bicyclic) bond motifs is 5. The first-order valence-electron chi connectivity index (χ1n) is 8.23. The van der Waals surface area contributed by atoms with Crippen molar-refractivity contribution in [2.45, 2.75) is 32.1 Å². The summed E-state index contributed by atoms with van der Waals surface area (Å²) >= 11 is 3.66. The van der Waals surface area contributed by atoms with E-state index in [1.807, 2.05) is 0 Å². The molecule has 0 N–H and O–H groups in total. The molecule has 1 aromatic heterocycles. The Labute approximate surface area is 144 Å². The highest BCUT2D eigenvalue weighted by molar-refractivity contribution is 9.10. The second kappa shape index (κ2) is 4.39. The molecule has 0 saturated carbocycles. The fourth-order valence-corrected chi connectivity index (χ4v) is 4.75. The van der Waals surface area contributed by atoms with E-state index in [1.165, 1.54) is 39.0 Å². The van der Waals surface area contributed by atoms with E-state index in [0.29, 0.717) is 0 Å². The van der Waals surface area contributed by atoms with Gasteiger partial charge in [0.25, 0.3) is 0 Å². The van der Waals surface area contributed by atoms with Crippen LogP contribution in [0.5, 0.6) is 0 Å². The van der Waals surface area contributed by atoms with Crippen LogP contribution in [0.2, 0.25) is 0 Å². The lowest BCUT2D eigenvalue weighted by atomic mass is 9.75. The van der Waals surface area contributed by atoms with E-state index in [4.69, 9.17) is 0 Å². The average molecular weight is 364 g/mol. The summed E-state index contributed by atoms with van der Waals surface area (Å²) in [5, 5.41) is 1.40. The smallest absolute Gasteiger partial charge is 0.0578 e. The third-order valence-electron chi connectivity index (χ3n) is 5.51. The molecule has 0 saturated heterocycles. The molecule has 2 aliphatic rings. The molecule has 23 heavy (non-hydrogen) atoms. The molecule has 0 spiro atoms. The van der Waals surface area contributed by atoms with Crippen LogP contribution in [0.25, 0.3) is 22.7 Å². The van der Waals surface area contributed by atoms with Crippen LogP contribution < -0.4 is 0 Å². The molecule has 2 heterocycles. The highest BCUT2D eigenvalue weighted by Crippen LogP contribution is 2.48. The Morgan fingerprint density at radius 3 is 2.83 bits per heavy atom. The molecule has 0 fully saturated rings. The van der Waals surface area contributed by atoms with Crippen molar-refractivity contribution in [2.24, 2.45) is 0 Å². The molecule has 1 aliphatic carbocycles. The summed E-state index contributed by atoms with van der Waals surface area (Å²) in [6.45, 7) is 4.69. The molecule has 2 aromatic carbocycles. The molecule has 0 radical (unpaired) electrons. The van der Waals surface area contributed by atoms with Gasteiger partial charge in [-0.2, -0.15) is 0 Å². The largest absolute Gasteiger partial charge is 0.312 e. The summed E-state index contributed by atoms with van der Waals surface area (Å²) in [7, 11) is 0. The number of hydrogen-bond donors (Lipinski definition) is 0. The van der Waals surface area contributed by atoms with Crippen LogP contribution in [0.3, 0.4) is 0 Å². The van der Waals surface area contributed by atoms with E-state index in [9.17, 15) is 0 Å². The van der Waals surface area contributed by atoms with Gasteiger partial charge in [0, 0.05) is 26.5 Å². The molecule has 3 aromatic rings. The summed E-state index contributed by atoms with van der Waals surface area (Å²) < 4.78 is 3.68. The van der Waals surface area contributed by atoms with Crippen molar-refractivity contribution in [1.29, 1.82) is 0 Å². The molecule has 0 bridgehead atoms. The van der Waals surface area contributed by atoms with Gasteiger partial charge < -0.3 is 4.57 Å². The molecule has 1 aliphatic heterocycles. The Bertz CT molecular complexity index is 1000. The van der Waals surface area contributed by atoms with Gasteiger partial charge in [0.2, 0.25) is 0 Å². The van der Waals surface area contributed by atoms with Crippen LogP contribution in [0.15, 0.2) is 46.9 Å². The van der Waals surface area contributed by atoms with Gasteiger partial charge in [-0.25, -0.2) is 0 Å². The van der Waals surface area contributed by atoms with Crippen molar-refractivity contribution < 1.29 is 0 Å². The van der Waals surface area contributed by atoms with Crippen LogP contribution in [0, 0.1) is 0 Å². The molecule has 5 rings (SSSR count). The summed E-state index contributed by atoms with van der Waals surface area (Å²) in [5.74, 6) is 0. The second-order valence-electron chi connectivity index (χ2n) is 7.13. The van der Waals surface area contributed by atoms with Crippen LogP contribution in [0.1, 0.15) is 42.7 Å². The predicted octanol–water partition coefficient (Wildman–Crippen LogP) is 5.99. The van der Waals surface area contributed by atoms with Gasteiger partial charge in [0.15, 0.2) is 0 Å². The first-order chi connectivity index (χ1) is 11.1. The highest BCUT2D eigenvalue weighted by Gasteiger charge is 2.36. The van der Waals surface area contributed by atoms with Crippen LogP contribution in [-0.2, 0) is 11.8 Å². The Balaban J connectivity index is 2.04. The standard InChI is InChI=1S/C21H18BrN/c1-21(2)16-8-5-7-15-14-6-3-4-9-18(14)23(20(15)16)19-11-10-13(22)12-17(19)21/h3,5-8,10-12H,4,9H2,1-2H3. The minimum absolute atomic E-state index is 0.0132. The Morgan fingerprint density at radius 2 is 1.96 bits per heavy atom. The normalized spacial score (nSPS) is 17.2. The summed E-state index contributed by atoms with van der Waals surface area (Å²) in [6, 6.07) is 13.5. The van der Waals surface area contributed by atoms with Gasteiger partial charge in [-0.3, -0.25) is 0 Å². The summed E-state index contributed by atoms with van der Waals surface area (Å²) in [5.41, 5.74) is 8.48. The van der Waals surface area contributed by atoms with Crippen molar-refractivity contribution in [2.75, 3.05) is 0 Å². The molecule has 0 atom stereocenters. The molecular weight excluding hydrogens is 346 g/mol. The number of allylic oxidation sites excluding steroid dienone is 1. The number of benzene rings is 2. The SMILES string of the molecule is CC1(C)c2cc(Br)ccc2-n2c3c(c4cccc1c42)C=CCC3. The zero-order valence-corrected chi connectivity index (χ0v) is 14.9. The summed E-state index contributed by atoms with van der Waals surface area (Å²) in [6.07, 6.45) is 6.88. The fourth-order valence-electron chi connectivity index (χ4n) is 4.39. The Hall–Kier alpha value is -1.80. The number of halogens is 1. The number of rotatable bonds is 0. The van der Waals surface area contributed by atoms with Crippen LogP contribution >= 0.6 is 15.9 Å². The van der Waals surface area contributed by atoms with E-state index >= 15 is 0 Å². The number of aromatic nitrogens is 1. The van der Waals surface area contributed by atoms with Gasteiger partial charge >= 0.3 is 0 Å². The number of para-hydroxylation sites is 1. The Kier molecular flexibility index (Phi) is 2.60. The quantitative estimate of drug-likeness (QED) is 0.462. The lowest BCUT2D eigenvalue weighted by Gasteiger charge is -2.35. The lowest BCUT2D eigenvalue weighted by Crippen LogP contribution is -2.26. The van der Waals surface area contributed by atoms with Gasteiger partial charge in [0.05, 0.1) is 11.2 Å². The zero-order chi connectivity index (χ0) is 15.8. The van der Waals surface area contributed by atoms with E-state index in [2.05, 4.69) is 82.9 Å². The third-order valence-corrected chi connectivity index (χ3v) is 6.00. The van der Waals surface area contributed by atoms with Gasteiger partial charge in [0.1, 0.15) is 0 Å². The molecule has 2 heteroatoms. The molecule has 114 valence electrons. The predicted molar refractivity (Wildman–Crippen MR) is 100 cm³/mol. The average Bonchev–Trinajstić information content (AvgIpc) is 2.89. The van der Waals surface area contributed by atoms with Gasteiger partial charge in [-0.1, -0.05) is 60.1 Å². The first kappa shape index (κ1) is 13.6. The van der Waals surface area contributed by atoms with E-state index in [-0.39, 0.29) is 5.41 Å². The third kappa shape index (κ3) is 1.62. The molecular formula is C21H18BrN. The second-order valence-corrected chi connectivity index (χ2v) is 8.04. The number of nitrogens with zero attached hydrogens (tertiary/aromatic N) is 1. The number of hydrogen-bond acceptors (Lipinski definition) is 0. The van der Waals surface area contributed by atoms with E-state index in [1.54, 1.807) is 0 Å². The first-order valence-corrected chi connectivity index (χ1v) is 9.02. The van der Waals surface area contributed by atoms with Crippen molar-refractivity contribution >= 4 is 32.9 Å². The van der Waals surface area contributed by atoms with Gasteiger partial charge in [-0.15, -0.1) is 0 Å². The lowest BCUT2D eigenvalue weighted by molar-refractivity contribution is 0.625.